The molecule has 7 heteroatoms. The van der Waals surface area contributed by atoms with E-state index < -0.39 is 5.91 Å². The molecule has 0 aliphatic carbocycles. The molecule has 33 heavy (non-hydrogen) atoms. The largest absolute Gasteiger partial charge is 0.497 e. The van der Waals surface area contributed by atoms with Gasteiger partial charge in [-0.2, -0.15) is 5.26 Å². The van der Waals surface area contributed by atoms with E-state index in [-0.39, 0.29) is 5.57 Å². The lowest BCUT2D eigenvalue weighted by molar-refractivity contribution is -0.117. The van der Waals surface area contributed by atoms with Crippen molar-refractivity contribution in [1.82, 2.24) is 5.32 Å². The number of hydrogen-bond acceptors (Lipinski definition) is 4. The summed E-state index contributed by atoms with van der Waals surface area (Å²) in [7, 11) is 1.60. The number of rotatable bonds is 8. The second-order valence-corrected chi connectivity index (χ2v) is 9.00. The first kappa shape index (κ1) is 24.6. The number of nitrogens with zero attached hydrogens (tertiary/aromatic N) is 1. The molecule has 0 spiro atoms. The predicted molar refractivity (Wildman–Crippen MR) is 136 cm³/mol. The fourth-order valence-corrected chi connectivity index (χ4v) is 4.43. The summed E-state index contributed by atoms with van der Waals surface area (Å²) in [5.41, 5.74) is 3.85. The first-order valence-electron chi connectivity index (χ1n) is 10.1. The molecule has 0 fully saturated rings. The van der Waals surface area contributed by atoms with E-state index in [1.165, 1.54) is 5.56 Å². The van der Waals surface area contributed by atoms with Crippen LogP contribution < -0.4 is 14.8 Å². The van der Waals surface area contributed by atoms with Crippen LogP contribution in [-0.2, 0) is 17.9 Å². The minimum atomic E-state index is -0.444. The maximum absolute atomic E-state index is 12.5. The van der Waals surface area contributed by atoms with Gasteiger partial charge in [-0.25, -0.2) is 0 Å². The summed E-state index contributed by atoms with van der Waals surface area (Å²) in [5, 5.41) is 12.3. The molecule has 0 heterocycles. The van der Waals surface area contributed by atoms with Crippen molar-refractivity contribution in [1.29, 1.82) is 5.26 Å². The number of carbonyl (C=O) groups excluding carboxylic acids is 1. The Bertz CT molecular complexity index is 1170. The van der Waals surface area contributed by atoms with E-state index in [4.69, 9.17) is 9.47 Å². The van der Waals surface area contributed by atoms with Crippen LogP contribution in [0.4, 0.5) is 0 Å². The molecular weight excluding hydrogens is 548 g/mol. The summed E-state index contributed by atoms with van der Waals surface area (Å²) in [6.45, 7) is 2.77. The first-order chi connectivity index (χ1) is 15.9. The van der Waals surface area contributed by atoms with Gasteiger partial charge in [-0.3, -0.25) is 4.79 Å². The molecule has 0 saturated heterocycles. The van der Waals surface area contributed by atoms with Crippen molar-refractivity contribution in [2.75, 3.05) is 7.11 Å². The van der Waals surface area contributed by atoms with Crippen molar-refractivity contribution >= 4 is 43.8 Å². The minimum Gasteiger partial charge on any atom is -0.497 e. The molecule has 0 bridgehead atoms. The number of carbonyl (C=O) groups is 1. The maximum atomic E-state index is 12.5. The third-order valence-electron chi connectivity index (χ3n) is 4.81. The molecular formula is C26H22Br2N2O3. The quantitative estimate of drug-likeness (QED) is 0.254. The molecule has 1 amide bonds. The Hall–Kier alpha value is -3.08. The molecule has 0 radical (unpaired) electrons. The Labute approximate surface area is 210 Å². The SMILES string of the molecule is COc1ccc(CNC(=O)/C(C#N)=C\c2cc(Br)c(OCc3ccc(C)cc3)c(Br)c2)cc1. The van der Waals surface area contributed by atoms with Gasteiger partial charge in [-0.15, -0.1) is 0 Å². The normalized spacial score (nSPS) is 10.9. The lowest BCUT2D eigenvalue weighted by Gasteiger charge is -2.12. The highest BCUT2D eigenvalue weighted by atomic mass is 79.9. The van der Waals surface area contributed by atoms with E-state index in [1.54, 1.807) is 13.2 Å². The molecule has 1 N–H and O–H groups in total. The van der Waals surface area contributed by atoms with Gasteiger partial charge in [0.05, 0.1) is 16.1 Å². The van der Waals surface area contributed by atoms with Gasteiger partial charge in [-0.1, -0.05) is 42.0 Å². The first-order valence-corrected chi connectivity index (χ1v) is 11.7. The van der Waals surface area contributed by atoms with Crippen molar-refractivity contribution < 1.29 is 14.3 Å². The molecule has 3 rings (SSSR count). The van der Waals surface area contributed by atoms with Gasteiger partial charge in [0.2, 0.25) is 0 Å². The van der Waals surface area contributed by atoms with Gasteiger partial charge in [0.15, 0.2) is 0 Å². The number of amides is 1. The van der Waals surface area contributed by atoms with Crippen LogP contribution in [0.15, 0.2) is 75.2 Å². The third kappa shape index (κ3) is 6.95. The Balaban J connectivity index is 1.68. The summed E-state index contributed by atoms with van der Waals surface area (Å²) >= 11 is 7.05. The van der Waals surface area contributed by atoms with E-state index in [0.717, 1.165) is 16.9 Å². The van der Waals surface area contributed by atoms with Crippen LogP contribution in [0.3, 0.4) is 0 Å². The van der Waals surface area contributed by atoms with E-state index in [1.807, 2.05) is 73.7 Å². The van der Waals surface area contributed by atoms with Crippen LogP contribution in [0.5, 0.6) is 11.5 Å². The number of halogens is 2. The zero-order valence-corrected chi connectivity index (χ0v) is 21.4. The summed E-state index contributed by atoms with van der Waals surface area (Å²) in [4.78, 5) is 12.5. The zero-order valence-electron chi connectivity index (χ0n) is 18.2. The van der Waals surface area contributed by atoms with E-state index in [0.29, 0.717) is 33.4 Å². The van der Waals surface area contributed by atoms with Crippen LogP contribution in [-0.4, -0.2) is 13.0 Å². The van der Waals surface area contributed by atoms with Gasteiger partial charge in [0.25, 0.3) is 5.91 Å². The van der Waals surface area contributed by atoms with E-state index in [2.05, 4.69) is 37.2 Å². The standard InChI is InChI=1S/C26H22Br2N2O3/c1-17-3-5-19(6-4-17)16-33-25-23(27)12-20(13-24(25)28)11-21(14-29)26(31)30-15-18-7-9-22(32-2)10-8-18/h3-13H,15-16H2,1-2H3,(H,30,31)/b21-11-. The number of nitriles is 1. The minimum absolute atomic E-state index is 0.00985. The Morgan fingerprint density at radius 1 is 1.03 bits per heavy atom. The average Bonchev–Trinajstić information content (AvgIpc) is 2.82. The van der Waals surface area contributed by atoms with Gasteiger partial charge < -0.3 is 14.8 Å². The number of nitrogens with one attached hydrogen (secondary N) is 1. The van der Waals surface area contributed by atoms with Crippen molar-refractivity contribution in [3.8, 4) is 17.6 Å². The predicted octanol–water partition coefficient (Wildman–Crippen LogP) is 6.33. The van der Waals surface area contributed by atoms with Gasteiger partial charge in [0, 0.05) is 6.54 Å². The smallest absolute Gasteiger partial charge is 0.262 e. The number of methoxy groups -OCH3 is 1. The topological polar surface area (TPSA) is 71.3 Å². The molecule has 0 aromatic heterocycles. The molecule has 0 unspecified atom stereocenters. The van der Waals surface area contributed by atoms with Crippen LogP contribution >= 0.6 is 31.9 Å². The molecule has 3 aromatic rings. The third-order valence-corrected chi connectivity index (χ3v) is 5.99. The summed E-state index contributed by atoms with van der Waals surface area (Å²) in [6, 6.07) is 21.1. The summed E-state index contributed by atoms with van der Waals surface area (Å²) in [6.07, 6.45) is 1.54. The summed E-state index contributed by atoms with van der Waals surface area (Å²) in [5.74, 6) is 0.945. The highest BCUT2D eigenvalue weighted by Crippen LogP contribution is 2.36. The molecule has 0 saturated carbocycles. The number of ether oxygens (including phenoxy) is 2. The zero-order chi connectivity index (χ0) is 23.8. The second kappa shape index (κ2) is 11.7. The van der Waals surface area contributed by atoms with E-state index >= 15 is 0 Å². The van der Waals surface area contributed by atoms with Crippen molar-refractivity contribution in [2.24, 2.45) is 0 Å². The van der Waals surface area contributed by atoms with Crippen LogP contribution in [0, 0.1) is 18.3 Å². The highest BCUT2D eigenvalue weighted by Gasteiger charge is 2.12. The highest BCUT2D eigenvalue weighted by molar-refractivity contribution is 9.11. The van der Waals surface area contributed by atoms with Crippen LogP contribution in [0.25, 0.3) is 6.08 Å². The van der Waals surface area contributed by atoms with Crippen molar-refractivity contribution in [3.05, 3.63) is 97.4 Å². The number of hydrogen-bond donors (Lipinski definition) is 1. The lowest BCUT2D eigenvalue weighted by Crippen LogP contribution is -2.23. The fraction of sp³-hybridized carbons (Fsp3) is 0.154. The van der Waals surface area contributed by atoms with Gasteiger partial charge in [0.1, 0.15) is 29.7 Å². The van der Waals surface area contributed by atoms with E-state index in [9.17, 15) is 10.1 Å². The molecule has 168 valence electrons. The molecule has 0 atom stereocenters. The Kier molecular flexibility index (Phi) is 8.70. The lowest BCUT2D eigenvalue weighted by atomic mass is 10.1. The monoisotopic (exact) mass is 568 g/mol. The van der Waals surface area contributed by atoms with Crippen molar-refractivity contribution in [3.63, 3.8) is 0 Å². The number of benzene rings is 3. The summed E-state index contributed by atoms with van der Waals surface area (Å²) < 4.78 is 12.5. The molecule has 5 nitrogen and oxygen atoms in total. The van der Waals surface area contributed by atoms with Gasteiger partial charge in [-0.05, 0) is 85.8 Å². The van der Waals surface area contributed by atoms with Gasteiger partial charge >= 0.3 is 0 Å². The van der Waals surface area contributed by atoms with Crippen molar-refractivity contribution in [2.45, 2.75) is 20.1 Å². The molecule has 0 aliphatic rings. The maximum Gasteiger partial charge on any atom is 0.262 e. The molecule has 0 aliphatic heterocycles. The second-order valence-electron chi connectivity index (χ2n) is 7.29. The Morgan fingerprint density at radius 2 is 1.64 bits per heavy atom. The average molecular weight is 570 g/mol. The fourth-order valence-electron chi connectivity index (χ4n) is 2.98. The molecule has 3 aromatic carbocycles. The number of aryl methyl sites for hydroxylation is 1. The van der Waals surface area contributed by atoms with Crippen LogP contribution in [0.2, 0.25) is 0 Å². The van der Waals surface area contributed by atoms with Crippen LogP contribution in [0.1, 0.15) is 22.3 Å². The Morgan fingerprint density at radius 3 is 2.21 bits per heavy atom.